The summed E-state index contributed by atoms with van der Waals surface area (Å²) < 4.78 is 0.832. The average molecular weight is 410 g/mol. The third kappa shape index (κ3) is 5.17. The van der Waals surface area contributed by atoms with Gasteiger partial charge in [0.1, 0.15) is 0 Å². The van der Waals surface area contributed by atoms with Gasteiger partial charge in [0.05, 0.1) is 15.2 Å². The molecule has 2 rings (SSSR count). The highest BCUT2D eigenvalue weighted by atomic mass is 79.9. The van der Waals surface area contributed by atoms with Crippen molar-refractivity contribution in [2.75, 3.05) is 6.54 Å². The Labute approximate surface area is 151 Å². The SMILES string of the molecule is CCc1ccc(C(=O)NNC(=O)CNC(=O)c2ccc(Br)s2)cc1. The van der Waals surface area contributed by atoms with E-state index < -0.39 is 11.8 Å². The Kier molecular flexibility index (Phi) is 6.51. The molecule has 2 aromatic rings. The first-order valence-electron chi connectivity index (χ1n) is 7.21. The van der Waals surface area contributed by atoms with Crippen molar-refractivity contribution in [1.29, 1.82) is 0 Å². The van der Waals surface area contributed by atoms with Gasteiger partial charge in [-0.1, -0.05) is 19.1 Å². The molecule has 0 bridgehead atoms. The fourth-order valence-corrected chi connectivity index (χ4v) is 3.12. The van der Waals surface area contributed by atoms with Crippen molar-refractivity contribution in [3.63, 3.8) is 0 Å². The summed E-state index contributed by atoms with van der Waals surface area (Å²) in [5, 5.41) is 2.48. The second-order valence-corrected chi connectivity index (χ2v) is 7.30. The molecule has 24 heavy (non-hydrogen) atoms. The highest BCUT2D eigenvalue weighted by Crippen LogP contribution is 2.21. The highest BCUT2D eigenvalue weighted by Gasteiger charge is 2.11. The Hall–Kier alpha value is -2.19. The molecule has 1 aromatic heterocycles. The predicted octanol–water partition coefficient (Wildman–Crippen LogP) is 2.26. The van der Waals surface area contributed by atoms with E-state index in [0.29, 0.717) is 10.4 Å². The second kappa shape index (κ2) is 8.60. The summed E-state index contributed by atoms with van der Waals surface area (Å²) in [4.78, 5) is 35.9. The number of carbonyl (C=O) groups is 3. The number of rotatable bonds is 5. The van der Waals surface area contributed by atoms with Gasteiger partial charge in [-0.05, 0) is 52.2 Å². The highest BCUT2D eigenvalue weighted by molar-refractivity contribution is 9.11. The first kappa shape index (κ1) is 18.2. The summed E-state index contributed by atoms with van der Waals surface area (Å²) in [6, 6.07) is 10.5. The molecule has 0 saturated carbocycles. The third-order valence-electron chi connectivity index (χ3n) is 3.15. The van der Waals surface area contributed by atoms with Crippen LogP contribution in [0.3, 0.4) is 0 Å². The zero-order valence-electron chi connectivity index (χ0n) is 12.9. The lowest BCUT2D eigenvalue weighted by atomic mass is 10.1. The quantitative estimate of drug-likeness (QED) is 0.661. The zero-order chi connectivity index (χ0) is 17.5. The molecule has 0 aliphatic carbocycles. The largest absolute Gasteiger partial charge is 0.342 e. The van der Waals surface area contributed by atoms with Crippen molar-refractivity contribution in [3.8, 4) is 0 Å². The first-order chi connectivity index (χ1) is 11.5. The maximum atomic E-state index is 11.9. The molecule has 0 atom stereocenters. The van der Waals surface area contributed by atoms with E-state index in [1.54, 1.807) is 24.3 Å². The molecular weight excluding hydrogens is 394 g/mol. The van der Waals surface area contributed by atoms with E-state index in [1.165, 1.54) is 11.3 Å². The Morgan fingerprint density at radius 1 is 1.00 bits per heavy atom. The molecule has 0 fully saturated rings. The molecule has 0 saturated heterocycles. The normalized spacial score (nSPS) is 10.1. The number of halogens is 1. The van der Waals surface area contributed by atoms with E-state index in [-0.39, 0.29) is 12.5 Å². The zero-order valence-corrected chi connectivity index (χ0v) is 15.3. The maximum Gasteiger partial charge on any atom is 0.269 e. The van der Waals surface area contributed by atoms with Crippen LogP contribution in [-0.4, -0.2) is 24.3 Å². The predicted molar refractivity (Wildman–Crippen MR) is 95.8 cm³/mol. The van der Waals surface area contributed by atoms with Gasteiger partial charge in [0.2, 0.25) is 0 Å². The van der Waals surface area contributed by atoms with Crippen molar-refractivity contribution < 1.29 is 14.4 Å². The molecule has 0 aliphatic heterocycles. The van der Waals surface area contributed by atoms with Crippen LogP contribution in [0.1, 0.15) is 32.5 Å². The molecule has 0 radical (unpaired) electrons. The summed E-state index contributed by atoms with van der Waals surface area (Å²) in [7, 11) is 0. The summed E-state index contributed by atoms with van der Waals surface area (Å²) >= 11 is 4.53. The number of carbonyl (C=O) groups excluding carboxylic acids is 3. The van der Waals surface area contributed by atoms with E-state index in [9.17, 15) is 14.4 Å². The Bertz CT molecular complexity index is 743. The topological polar surface area (TPSA) is 87.3 Å². The van der Waals surface area contributed by atoms with Gasteiger partial charge in [0.25, 0.3) is 17.7 Å². The number of hydrogen-bond donors (Lipinski definition) is 3. The van der Waals surface area contributed by atoms with E-state index in [1.807, 2.05) is 19.1 Å². The minimum atomic E-state index is -0.516. The second-order valence-electron chi connectivity index (χ2n) is 4.84. The molecule has 0 aliphatic rings. The van der Waals surface area contributed by atoms with Crippen molar-refractivity contribution in [3.05, 3.63) is 56.2 Å². The number of nitrogens with one attached hydrogen (secondary N) is 3. The number of thiophene rings is 1. The molecular formula is C16H16BrN3O3S. The van der Waals surface area contributed by atoms with Gasteiger partial charge in [-0.15, -0.1) is 11.3 Å². The van der Waals surface area contributed by atoms with Gasteiger partial charge in [0, 0.05) is 5.56 Å². The Balaban J connectivity index is 1.76. The van der Waals surface area contributed by atoms with Crippen LogP contribution in [0, 0.1) is 0 Å². The van der Waals surface area contributed by atoms with Crippen LogP contribution in [0.5, 0.6) is 0 Å². The molecule has 1 aromatic carbocycles. The van der Waals surface area contributed by atoms with Gasteiger partial charge in [-0.3, -0.25) is 25.2 Å². The first-order valence-corrected chi connectivity index (χ1v) is 8.82. The lowest BCUT2D eigenvalue weighted by Gasteiger charge is -2.08. The summed E-state index contributed by atoms with van der Waals surface area (Å²) in [6.07, 6.45) is 0.888. The minimum absolute atomic E-state index is 0.233. The van der Waals surface area contributed by atoms with Crippen molar-refractivity contribution in [2.24, 2.45) is 0 Å². The van der Waals surface area contributed by atoms with E-state index >= 15 is 0 Å². The number of hydrogen-bond acceptors (Lipinski definition) is 4. The summed E-state index contributed by atoms with van der Waals surface area (Å²) in [6.45, 7) is 1.79. The van der Waals surface area contributed by atoms with E-state index in [4.69, 9.17) is 0 Å². The Morgan fingerprint density at radius 3 is 2.29 bits per heavy atom. The lowest BCUT2D eigenvalue weighted by Crippen LogP contribution is -2.46. The molecule has 3 N–H and O–H groups in total. The number of hydrazine groups is 1. The van der Waals surface area contributed by atoms with Crippen LogP contribution in [0.4, 0.5) is 0 Å². The van der Waals surface area contributed by atoms with Crippen LogP contribution in [0.2, 0.25) is 0 Å². The standard InChI is InChI=1S/C16H16BrN3O3S/c1-2-10-3-5-11(6-4-10)15(22)20-19-14(21)9-18-16(23)12-7-8-13(17)24-12/h3-8H,2,9H2,1H3,(H,18,23)(H,19,21)(H,20,22). The number of aryl methyl sites for hydroxylation is 1. The van der Waals surface area contributed by atoms with E-state index in [0.717, 1.165) is 15.8 Å². The van der Waals surface area contributed by atoms with Gasteiger partial charge >= 0.3 is 0 Å². The van der Waals surface area contributed by atoms with Crippen molar-refractivity contribution >= 4 is 45.0 Å². The molecule has 0 spiro atoms. The van der Waals surface area contributed by atoms with Gasteiger partial charge in [-0.25, -0.2) is 0 Å². The Morgan fingerprint density at radius 2 is 1.71 bits per heavy atom. The van der Waals surface area contributed by atoms with Gasteiger partial charge in [0.15, 0.2) is 0 Å². The summed E-state index contributed by atoms with van der Waals surface area (Å²) in [5.74, 6) is -1.28. The van der Waals surface area contributed by atoms with Crippen molar-refractivity contribution in [1.82, 2.24) is 16.2 Å². The molecule has 0 unspecified atom stereocenters. The average Bonchev–Trinajstić information content (AvgIpc) is 3.04. The molecule has 3 amide bonds. The third-order valence-corrected chi connectivity index (χ3v) is 4.77. The monoisotopic (exact) mass is 409 g/mol. The van der Waals surface area contributed by atoms with Gasteiger partial charge in [-0.2, -0.15) is 0 Å². The fraction of sp³-hybridized carbons (Fsp3) is 0.188. The fourth-order valence-electron chi connectivity index (χ4n) is 1.82. The molecule has 8 heteroatoms. The smallest absolute Gasteiger partial charge is 0.269 e. The van der Waals surface area contributed by atoms with Crippen LogP contribution >= 0.6 is 27.3 Å². The van der Waals surface area contributed by atoms with Crippen LogP contribution in [0.25, 0.3) is 0 Å². The van der Waals surface area contributed by atoms with Crippen molar-refractivity contribution in [2.45, 2.75) is 13.3 Å². The maximum absolute atomic E-state index is 11.9. The van der Waals surface area contributed by atoms with Crippen LogP contribution < -0.4 is 16.2 Å². The minimum Gasteiger partial charge on any atom is -0.342 e. The number of benzene rings is 1. The van der Waals surface area contributed by atoms with Crippen LogP contribution in [0.15, 0.2) is 40.2 Å². The summed E-state index contributed by atoms with van der Waals surface area (Å²) in [5.41, 5.74) is 6.14. The van der Waals surface area contributed by atoms with Gasteiger partial charge < -0.3 is 5.32 Å². The molecule has 1 heterocycles. The number of amides is 3. The molecule has 6 nitrogen and oxygen atoms in total. The lowest BCUT2D eigenvalue weighted by molar-refractivity contribution is -0.120. The van der Waals surface area contributed by atoms with Crippen LogP contribution in [-0.2, 0) is 11.2 Å². The van der Waals surface area contributed by atoms with E-state index in [2.05, 4.69) is 32.1 Å². The molecule has 126 valence electrons.